The molecule has 5 nitrogen and oxygen atoms in total. The Hall–Kier alpha value is -2.18. The number of nitrogens with zero attached hydrogens (tertiary/aromatic N) is 1. The highest BCUT2D eigenvalue weighted by atomic mass is 32.2. The van der Waals surface area contributed by atoms with Crippen LogP contribution >= 0.6 is 0 Å². The number of hydrogen-bond donors (Lipinski definition) is 1. The summed E-state index contributed by atoms with van der Waals surface area (Å²) in [6.45, 7) is 1.28. The van der Waals surface area contributed by atoms with Gasteiger partial charge in [-0.3, -0.25) is 0 Å². The third kappa shape index (κ3) is 3.18. The molecule has 0 fully saturated rings. The van der Waals surface area contributed by atoms with Crippen molar-refractivity contribution < 1.29 is 13.2 Å². The molecule has 0 amide bonds. The Morgan fingerprint density at radius 1 is 1.05 bits per heavy atom. The number of sulfonamides is 1. The molecule has 3 rings (SSSR count). The van der Waals surface area contributed by atoms with E-state index in [1.165, 1.54) is 0 Å². The second kappa shape index (κ2) is 6.29. The van der Waals surface area contributed by atoms with Crippen LogP contribution in [0.1, 0.15) is 11.1 Å². The van der Waals surface area contributed by atoms with Crippen LogP contribution in [0, 0.1) is 0 Å². The van der Waals surface area contributed by atoms with E-state index in [4.69, 9.17) is 4.74 Å². The van der Waals surface area contributed by atoms with Crippen LogP contribution in [0.3, 0.4) is 0 Å². The van der Waals surface area contributed by atoms with E-state index in [2.05, 4.69) is 9.71 Å². The molecule has 114 valence electrons. The summed E-state index contributed by atoms with van der Waals surface area (Å²) in [4.78, 5) is 4.39. The van der Waals surface area contributed by atoms with E-state index in [-0.39, 0.29) is 11.4 Å². The summed E-state index contributed by atoms with van der Waals surface area (Å²) in [6, 6.07) is 16.1. The normalized spacial score (nSPS) is 14.5. The maximum Gasteiger partial charge on any atom is 0.241 e. The van der Waals surface area contributed by atoms with Gasteiger partial charge in [-0.05, 0) is 17.7 Å². The molecule has 1 aliphatic heterocycles. The van der Waals surface area contributed by atoms with Gasteiger partial charge in [0.2, 0.25) is 15.9 Å². The van der Waals surface area contributed by atoms with Crippen molar-refractivity contribution in [2.75, 3.05) is 13.2 Å². The quantitative estimate of drug-likeness (QED) is 0.916. The molecule has 1 N–H and O–H groups in total. The SMILES string of the molecule is O=S(=O)(NCc1ccccc1)c1ccccc1C1=NCCO1. The number of rotatable bonds is 5. The van der Waals surface area contributed by atoms with Crippen molar-refractivity contribution in [3.8, 4) is 0 Å². The number of benzene rings is 2. The van der Waals surface area contributed by atoms with E-state index in [9.17, 15) is 8.42 Å². The standard InChI is InChI=1S/C16H16N2O3S/c19-22(20,18-12-13-6-2-1-3-7-13)15-9-5-4-8-14(15)16-17-10-11-21-16/h1-9,18H,10-12H2. The largest absolute Gasteiger partial charge is 0.475 e. The molecule has 0 unspecified atom stereocenters. The smallest absolute Gasteiger partial charge is 0.241 e. The van der Waals surface area contributed by atoms with Crippen molar-refractivity contribution in [3.05, 3.63) is 65.7 Å². The molecule has 0 aliphatic carbocycles. The summed E-state index contributed by atoms with van der Waals surface area (Å²) in [6.07, 6.45) is 0. The molecular formula is C16H16N2O3S. The molecule has 0 saturated heterocycles. The van der Waals surface area contributed by atoms with Gasteiger partial charge >= 0.3 is 0 Å². The van der Waals surface area contributed by atoms with Crippen molar-refractivity contribution in [3.63, 3.8) is 0 Å². The first-order valence-corrected chi connectivity index (χ1v) is 8.45. The monoisotopic (exact) mass is 316 g/mol. The van der Waals surface area contributed by atoms with E-state index in [0.717, 1.165) is 5.56 Å². The maximum atomic E-state index is 12.6. The summed E-state index contributed by atoms with van der Waals surface area (Å²) in [5, 5.41) is 0. The molecule has 2 aromatic carbocycles. The van der Waals surface area contributed by atoms with E-state index in [1.54, 1.807) is 24.3 Å². The first-order chi connectivity index (χ1) is 10.7. The van der Waals surface area contributed by atoms with E-state index < -0.39 is 10.0 Å². The van der Waals surface area contributed by atoms with Crippen molar-refractivity contribution in [1.82, 2.24) is 4.72 Å². The lowest BCUT2D eigenvalue weighted by atomic mass is 10.2. The molecule has 0 aromatic heterocycles. The molecule has 22 heavy (non-hydrogen) atoms. The number of ether oxygens (including phenoxy) is 1. The number of hydrogen-bond acceptors (Lipinski definition) is 4. The van der Waals surface area contributed by atoms with Gasteiger partial charge in [0.15, 0.2) is 0 Å². The molecular weight excluding hydrogens is 300 g/mol. The molecule has 0 saturated carbocycles. The van der Waals surface area contributed by atoms with Crippen LogP contribution in [-0.2, 0) is 21.3 Å². The van der Waals surface area contributed by atoms with Crippen molar-refractivity contribution in [2.45, 2.75) is 11.4 Å². The Balaban J connectivity index is 1.86. The fraction of sp³-hybridized carbons (Fsp3) is 0.188. The molecule has 0 atom stereocenters. The third-order valence-electron chi connectivity index (χ3n) is 3.30. The lowest BCUT2D eigenvalue weighted by molar-refractivity contribution is 0.347. The van der Waals surface area contributed by atoms with E-state index in [1.807, 2.05) is 30.3 Å². The Morgan fingerprint density at radius 2 is 1.77 bits per heavy atom. The van der Waals surface area contributed by atoms with Crippen molar-refractivity contribution in [2.24, 2.45) is 4.99 Å². The minimum absolute atomic E-state index is 0.187. The van der Waals surface area contributed by atoms with Crippen LogP contribution in [0.15, 0.2) is 64.5 Å². The molecule has 1 aliphatic rings. The van der Waals surface area contributed by atoms with Gasteiger partial charge in [-0.25, -0.2) is 18.1 Å². The molecule has 1 heterocycles. The average Bonchev–Trinajstić information content (AvgIpc) is 3.08. The van der Waals surface area contributed by atoms with Crippen molar-refractivity contribution in [1.29, 1.82) is 0 Å². The van der Waals surface area contributed by atoms with Gasteiger partial charge in [0.05, 0.1) is 17.0 Å². The highest BCUT2D eigenvalue weighted by molar-refractivity contribution is 7.89. The van der Waals surface area contributed by atoms with Crippen LogP contribution in [0.4, 0.5) is 0 Å². The lowest BCUT2D eigenvalue weighted by Crippen LogP contribution is -2.25. The van der Waals surface area contributed by atoms with Crippen LogP contribution in [-0.4, -0.2) is 27.5 Å². The fourth-order valence-electron chi connectivity index (χ4n) is 2.23. The van der Waals surface area contributed by atoms with Gasteiger partial charge < -0.3 is 4.74 Å². The summed E-state index contributed by atoms with van der Waals surface area (Å²) in [7, 11) is -3.64. The summed E-state index contributed by atoms with van der Waals surface area (Å²) < 4.78 is 33.1. The fourth-order valence-corrected chi connectivity index (χ4v) is 3.44. The van der Waals surface area contributed by atoms with Crippen molar-refractivity contribution >= 4 is 15.9 Å². The predicted octanol–water partition coefficient (Wildman–Crippen LogP) is 1.94. The minimum Gasteiger partial charge on any atom is -0.475 e. The van der Waals surface area contributed by atoms with Gasteiger partial charge in [0.1, 0.15) is 6.61 Å². The highest BCUT2D eigenvalue weighted by Gasteiger charge is 2.23. The highest BCUT2D eigenvalue weighted by Crippen LogP contribution is 2.19. The molecule has 6 heteroatoms. The van der Waals surface area contributed by atoms with E-state index in [0.29, 0.717) is 24.6 Å². The van der Waals surface area contributed by atoms with Gasteiger partial charge in [-0.2, -0.15) is 0 Å². The van der Waals surface area contributed by atoms with Gasteiger partial charge in [0.25, 0.3) is 0 Å². The average molecular weight is 316 g/mol. The lowest BCUT2D eigenvalue weighted by Gasteiger charge is -2.11. The van der Waals surface area contributed by atoms with Gasteiger partial charge in [0, 0.05) is 6.54 Å². The second-order valence-electron chi connectivity index (χ2n) is 4.84. The summed E-state index contributed by atoms with van der Waals surface area (Å²) >= 11 is 0. The Morgan fingerprint density at radius 3 is 2.50 bits per heavy atom. The maximum absolute atomic E-state index is 12.6. The summed E-state index contributed by atoms with van der Waals surface area (Å²) in [5.41, 5.74) is 1.40. The Labute approximate surface area is 129 Å². The molecule has 0 radical (unpaired) electrons. The number of nitrogens with one attached hydrogen (secondary N) is 1. The predicted molar refractivity (Wildman–Crippen MR) is 84.3 cm³/mol. The van der Waals surface area contributed by atoms with Crippen LogP contribution in [0.2, 0.25) is 0 Å². The first kappa shape index (κ1) is 14.7. The molecule has 0 spiro atoms. The van der Waals surface area contributed by atoms with Gasteiger partial charge in [-0.15, -0.1) is 0 Å². The van der Waals surface area contributed by atoms with Gasteiger partial charge in [-0.1, -0.05) is 42.5 Å². The van der Waals surface area contributed by atoms with Crippen LogP contribution in [0.25, 0.3) is 0 Å². The zero-order valence-corrected chi connectivity index (χ0v) is 12.7. The topological polar surface area (TPSA) is 67.8 Å². The third-order valence-corrected chi connectivity index (χ3v) is 4.76. The van der Waals surface area contributed by atoms with Crippen LogP contribution in [0.5, 0.6) is 0 Å². The Kier molecular flexibility index (Phi) is 4.22. The minimum atomic E-state index is -3.64. The molecule has 0 bridgehead atoms. The number of aliphatic imine (C=N–C) groups is 1. The zero-order valence-electron chi connectivity index (χ0n) is 11.9. The Bertz CT molecular complexity index is 786. The van der Waals surface area contributed by atoms with Crippen LogP contribution < -0.4 is 4.72 Å². The molecule has 2 aromatic rings. The first-order valence-electron chi connectivity index (χ1n) is 6.97. The zero-order chi connectivity index (χ0) is 15.4. The summed E-state index contributed by atoms with van der Waals surface area (Å²) in [5.74, 6) is 0.390. The second-order valence-corrected chi connectivity index (χ2v) is 6.58. The van der Waals surface area contributed by atoms with E-state index >= 15 is 0 Å².